The van der Waals surface area contributed by atoms with E-state index in [1.807, 2.05) is 13.8 Å². The number of carboxylic acid groups (broad SMARTS) is 2. The summed E-state index contributed by atoms with van der Waals surface area (Å²) in [5.41, 5.74) is -1.42. The van der Waals surface area contributed by atoms with E-state index in [2.05, 4.69) is 0 Å². The average molecular weight is 360 g/mol. The van der Waals surface area contributed by atoms with Crippen LogP contribution in [0.5, 0.6) is 0 Å². The van der Waals surface area contributed by atoms with Crippen LogP contribution < -0.4 is 0 Å². The van der Waals surface area contributed by atoms with Gasteiger partial charge in [0.15, 0.2) is 0 Å². The quantitative estimate of drug-likeness (QED) is 0.445. The second kappa shape index (κ2) is 8.93. The van der Waals surface area contributed by atoms with Gasteiger partial charge in [-0.15, -0.1) is 0 Å². The Morgan fingerprint density at radius 2 is 1.48 bits per heavy atom. The second-order valence-electron chi connectivity index (χ2n) is 6.61. The Bertz CT molecular complexity index is 434. The largest absolute Gasteiger partial charge is 0.481 e. The molecule has 0 amide bonds. The molecular formula is C17H28O8. The zero-order valence-corrected chi connectivity index (χ0v) is 14.8. The number of carboxylic acids is 2. The van der Waals surface area contributed by atoms with Crippen LogP contribution in [0.15, 0.2) is 0 Å². The summed E-state index contributed by atoms with van der Waals surface area (Å²) in [4.78, 5) is 23.5. The Morgan fingerprint density at radius 1 is 1.04 bits per heavy atom. The molecule has 25 heavy (non-hydrogen) atoms. The van der Waals surface area contributed by atoms with Gasteiger partial charge in [-0.1, -0.05) is 13.8 Å². The molecule has 0 spiro atoms. The third kappa shape index (κ3) is 5.37. The van der Waals surface area contributed by atoms with Crippen molar-refractivity contribution in [2.75, 3.05) is 26.4 Å². The minimum atomic E-state index is -1.42. The first-order chi connectivity index (χ1) is 11.9. The Kier molecular flexibility index (Phi) is 7.18. The third-order valence-electron chi connectivity index (χ3n) is 4.81. The van der Waals surface area contributed by atoms with Gasteiger partial charge in [-0.2, -0.15) is 0 Å². The van der Waals surface area contributed by atoms with Gasteiger partial charge in [0.05, 0.1) is 38.6 Å². The molecule has 2 fully saturated rings. The van der Waals surface area contributed by atoms with Crippen LogP contribution in [-0.4, -0.2) is 73.0 Å². The van der Waals surface area contributed by atoms with Crippen LogP contribution in [0.4, 0.5) is 0 Å². The fraction of sp³-hybridized carbons (Fsp3) is 0.882. The normalized spacial score (nSPS) is 26.5. The van der Waals surface area contributed by atoms with E-state index in [9.17, 15) is 14.7 Å². The Labute approximate surface area is 147 Å². The highest BCUT2D eigenvalue weighted by molar-refractivity contribution is 5.77. The molecule has 4 atom stereocenters. The molecule has 0 saturated carbocycles. The zero-order valence-electron chi connectivity index (χ0n) is 14.8. The van der Waals surface area contributed by atoms with Crippen molar-refractivity contribution >= 4 is 11.9 Å². The number of hydrogen-bond donors (Lipinski definition) is 2. The van der Waals surface area contributed by atoms with Gasteiger partial charge in [-0.05, 0) is 19.3 Å². The molecule has 8 nitrogen and oxygen atoms in total. The maximum Gasteiger partial charge on any atom is 0.314 e. The number of epoxide rings is 2. The number of rotatable bonds is 14. The number of carbonyl (C=O) groups is 2. The van der Waals surface area contributed by atoms with E-state index in [0.29, 0.717) is 39.3 Å². The van der Waals surface area contributed by atoms with Gasteiger partial charge in [0.25, 0.3) is 0 Å². The lowest BCUT2D eigenvalue weighted by Crippen LogP contribution is -2.54. The number of aliphatic carboxylic acids is 2. The van der Waals surface area contributed by atoms with Crippen molar-refractivity contribution in [1.29, 1.82) is 0 Å². The number of hydrogen-bond acceptors (Lipinski definition) is 6. The molecule has 8 heteroatoms. The molecule has 2 N–H and O–H groups in total. The molecule has 4 unspecified atom stereocenters. The summed E-state index contributed by atoms with van der Waals surface area (Å²) >= 11 is 0. The molecule has 2 heterocycles. The second-order valence-corrected chi connectivity index (χ2v) is 6.61. The first-order valence-electron chi connectivity index (χ1n) is 8.85. The summed E-state index contributed by atoms with van der Waals surface area (Å²) in [7, 11) is 0. The third-order valence-corrected chi connectivity index (χ3v) is 4.81. The SMILES string of the molecule is CCC(OCC1CO1)C(CCC(=O)O)(C(=O)O)C(CC)OCC1CO1. The predicted octanol–water partition coefficient (Wildman–Crippen LogP) is 1.31. The van der Waals surface area contributed by atoms with E-state index in [-0.39, 0.29) is 25.0 Å². The van der Waals surface area contributed by atoms with Gasteiger partial charge >= 0.3 is 11.9 Å². The molecule has 144 valence electrons. The van der Waals surface area contributed by atoms with Crippen LogP contribution in [0.2, 0.25) is 0 Å². The molecule has 2 saturated heterocycles. The molecule has 0 bridgehead atoms. The molecular weight excluding hydrogens is 332 g/mol. The smallest absolute Gasteiger partial charge is 0.314 e. The fourth-order valence-corrected chi connectivity index (χ4v) is 3.26. The molecule has 2 aliphatic rings. The van der Waals surface area contributed by atoms with E-state index in [4.69, 9.17) is 24.1 Å². The monoisotopic (exact) mass is 360 g/mol. The van der Waals surface area contributed by atoms with Gasteiger partial charge < -0.3 is 29.2 Å². The lowest BCUT2D eigenvalue weighted by Gasteiger charge is -2.42. The molecule has 0 radical (unpaired) electrons. The van der Waals surface area contributed by atoms with Gasteiger partial charge in [0.1, 0.15) is 17.6 Å². The lowest BCUT2D eigenvalue weighted by atomic mass is 9.71. The van der Waals surface area contributed by atoms with Crippen LogP contribution in [-0.2, 0) is 28.5 Å². The van der Waals surface area contributed by atoms with E-state index < -0.39 is 29.6 Å². The fourth-order valence-electron chi connectivity index (χ4n) is 3.26. The van der Waals surface area contributed by atoms with E-state index in [1.165, 1.54) is 0 Å². The molecule has 2 rings (SSSR count). The van der Waals surface area contributed by atoms with Gasteiger partial charge in [-0.25, -0.2) is 0 Å². The van der Waals surface area contributed by atoms with Gasteiger partial charge in [0, 0.05) is 6.42 Å². The van der Waals surface area contributed by atoms with Crippen molar-refractivity contribution in [3.8, 4) is 0 Å². The first kappa shape index (κ1) is 20.1. The minimum absolute atomic E-state index is 0.000813. The van der Waals surface area contributed by atoms with Crippen molar-refractivity contribution in [2.24, 2.45) is 5.41 Å². The van der Waals surface area contributed by atoms with Crippen molar-refractivity contribution < 1.29 is 38.7 Å². The summed E-state index contributed by atoms with van der Waals surface area (Å²) in [6, 6.07) is 0. The lowest BCUT2D eigenvalue weighted by molar-refractivity contribution is -0.185. The molecule has 2 aliphatic heterocycles. The van der Waals surface area contributed by atoms with Crippen LogP contribution >= 0.6 is 0 Å². The maximum absolute atomic E-state index is 12.3. The van der Waals surface area contributed by atoms with Crippen LogP contribution in [0.25, 0.3) is 0 Å². The minimum Gasteiger partial charge on any atom is -0.481 e. The van der Waals surface area contributed by atoms with E-state index in [1.54, 1.807) is 0 Å². The van der Waals surface area contributed by atoms with E-state index >= 15 is 0 Å². The molecule has 0 aromatic heterocycles. The Balaban J connectivity index is 2.21. The summed E-state index contributed by atoms with van der Waals surface area (Å²) in [5, 5.41) is 19.2. The predicted molar refractivity (Wildman–Crippen MR) is 86.5 cm³/mol. The Morgan fingerprint density at radius 3 is 1.76 bits per heavy atom. The summed E-state index contributed by atoms with van der Waals surface area (Å²) in [5.74, 6) is -2.12. The van der Waals surface area contributed by atoms with Crippen LogP contribution in [0.1, 0.15) is 39.5 Å². The van der Waals surface area contributed by atoms with Crippen LogP contribution in [0.3, 0.4) is 0 Å². The van der Waals surface area contributed by atoms with Crippen molar-refractivity contribution in [3.63, 3.8) is 0 Å². The van der Waals surface area contributed by atoms with E-state index in [0.717, 1.165) is 0 Å². The van der Waals surface area contributed by atoms with Gasteiger partial charge in [0.2, 0.25) is 0 Å². The first-order valence-corrected chi connectivity index (χ1v) is 8.85. The van der Waals surface area contributed by atoms with Crippen molar-refractivity contribution in [3.05, 3.63) is 0 Å². The molecule has 0 aromatic rings. The van der Waals surface area contributed by atoms with Crippen molar-refractivity contribution in [2.45, 2.75) is 63.9 Å². The average Bonchev–Trinajstić information content (AvgIpc) is 3.46. The Hall–Kier alpha value is -1.22. The molecule has 0 aliphatic carbocycles. The standard InChI is InChI=1S/C17H28O8/c1-3-13(24-9-11-7-22-11)17(16(20)21,6-5-15(18)19)14(4-2)25-10-12-8-23-12/h11-14H,3-10H2,1-2H3,(H,18,19)(H,20,21). The summed E-state index contributed by atoms with van der Waals surface area (Å²) in [6.07, 6.45) is -0.729. The van der Waals surface area contributed by atoms with Crippen molar-refractivity contribution in [1.82, 2.24) is 0 Å². The highest BCUT2D eigenvalue weighted by Gasteiger charge is 2.53. The zero-order chi connectivity index (χ0) is 18.4. The molecule has 0 aromatic carbocycles. The highest BCUT2D eigenvalue weighted by atomic mass is 16.6. The summed E-state index contributed by atoms with van der Waals surface area (Å²) < 4.78 is 22.0. The van der Waals surface area contributed by atoms with Crippen LogP contribution in [0, 0.1) is 5.41 Å². The highest BCUT2D eigenvalue weighted by Crippen LogP contribution is 2.40. The maximum atomic E-state index is 12.3. The summed E-state index contributed by atoms with van der Waals surface area (Å²) in [6.45, 7) is 5.52. The van der Waals surface area contributed by atoms with Gasteiger partial charge in [-0.3, -0.25) is 9.59 Å². The number of ether oxygens (including phenoxy) is 4. The topological polar surface area (TPSA) is 118 Å².